The highest BCUT2D eigenvalue weighted by Gasteiger charge is 2.19. The molecule has 0 atom stereocenters. The predicted molar refractivity (Wildman–Crippen MR) is 74.4 cm³/mol. The van der Waals surface area contributed by atoms with Gasteiger partial charge in [0.25, 0.3) is 0 Å². The average molecular weight is 285 g/mol. The van der Waals surface area contributed by atoms with Crippen LogP contribution in [0.15, 0.2) is 24.3 Å². The summed E-state index contributed by atoms with van der Waals surface area (Å²) >= 11 is 5.95. The van der Waals surface area contributed by atoms with E-state index < -0.39 is 11.5 Å². The second-order valence-electron chi connectivity index (χ2n) is 4.23. The van der Waals surface area contributed by atoms with Gasteiger partial charge in [-0.2, -0.15) is 10.5 Å². The van der Waals surface area contributed by atoms with Crippen LogP contribution in [0.2, 0.25) is 5.02 Å². The van der Waals surface area contributed by atoms with E-state index in [0.717, 1.165) is 11.6 Å². The zero-order valence-corrected chi connectivity index (χ0v) is 11.2. The van der Waals surface area contributed by atoms with Crippen LogP contribution in [-0.4, -0.2) is 10.2 Å². The van der Waals surface area contributed by atoms with E-state index in [1.807, 2.05) is 12.1 Å². The lowest BCUT2D eigenvalue weighted by Gasteiger charge is -2.11. The molecule has 0 aromatic heterocycles. The average Bonchev–Trinajstić information content (AvgIpc) is 2.44. The molecule has 2 aromatic carbocycles. The van der Waals surface area contributed by atoms with E-state index in [2.05, 4.69) is 0 Å². The molecule has 0 amide bonds. The van der Waals surface area contributed by atoms with Crippen LogP contribution >= 0.6 is 11.6 Å². The van der Waals surface area contributed by atoms with Crippen molar-refractivity contribution in [2.24, 2.45) is 0 Å². The molecule has 2 rings (SSSR count). The molecule has 2 aromatic rings. The molecule has 0 aliphatic rings. The summed E-state index contributed by atoms with van der Waals surface area (Å²) in [6.07, 6.45) is 0. The fraction of sp³-hybridized carbons (Fsp3) is 0.0667. The van der Waals surface area contributed by atoms with Crippen LogP contribution in [0.1, 0.15) is 16.7 Å². The molecular formula is C15H9ClN2O2. The third kappa shape index (κ3) is 2.14. The molecule has 20 heavy (non-hydrogen) atoms. The first-order valence-corrected chi connectivity index (χ1v) is 6.03. The van der Waals surface area contributed by atoms with Gasteiger partial charge >= 0.3 is 0 Å². The van der Waals surface area contributed by atoms with Gasteiger partial charge in [-0.15, -0.1) is 0 Å². The fourth-order valence-corrected chi connectivity index (χ4v) is 2.07. The molecule has 0 saturated heterocycles. The maximum absolute atomic E-state index is 9.78. The molecule has 0 aliphatic heterocycles. The lowest BCUT2D eigenvalue weighted by atomic mass is 9.93. The Morgan fingerprint density at radius 3 is 2.35 bits per heavy atom. The number of aromatic hydroxyl groups is 2. The van der Waals surface area contributed by atoms with Crippen LogP contribution in [0.5, 0.6) is 11.5 Å². The molecule has 0 heterocycles. The lowest BCUT2D eigenvalue weighted by molar-refractivity contribution is 0.402. The van der Waals surface area contributed by atoms with E-state index >= 15 is 0 Å². The second kappa shape index (κ2) is 5.13. The van der Waals surface area contributed by atoms with Gasteiger partial charge in [0.05, 0.1) is 11.6 Å². The first-order chi connectivity index (χ1) is 9.49. The standard InChI is InChI=1S/C15H9ClN2O2/c1-8-4-9(2-3-12(8)16)14-10(6-17)5-13(19)15(20)11(14)7-18/h2-5,19-20H,1H3. The van der Waals surface area contributed by atoms with E-state index in [9.17, 15) is 15.5 Å². The van der Waals surface area contributed by atoms with E-state index in [4.69, 9.17) is 16.9 Å². The molecular weight excluding hydrogens is 276 g/mol. The Balaban J connectivity index is 2.86. The number of halogens is 1. The third-order valence-corrected chi connectivity index (χ3v) is 3.38. The fourth-order valence-electron chi connectivity index (χ4n) is 1.96. The summed E-state index contributed by atoms with van der Waals surface area (Å²) in [5, 5.41) is 38.2. The highest BCUT2D eigenvalue weighted by Crippen LogP contribution is 2.39. The summed E-state index contributed by atoms with van der Waals surface area (Å²) < 4.78 is 0. The molecule has 98 valence electrons. The maximum Gasteiger partial charge on any atom is 0.176 e. The third-order valence-electron chi connectivity index (χ3n) is 2.96. The molecule has 0 radical (unpaired) electrons. The molecule has 0 fully saturated rings. The number of benzene rings is 2. The molecule has 5 heteroatoms. The summed E-state index contributed by atoms with van der Waals surface area (Å²) in [5.41, 5.74) is 1.62. The zero-order chi connectivity index (χ0) is 14.9. The van der Waals surface area contributed by atoms with Gasteiger partial charge in [-0.1, -0.05) is 17.7 Å². The quantitative estimate of drug-likeness (QED) is 0.785. The van der Waals surface area contributed by atoms with Gasteiger partial charge in [0.15, 0.2) is 11.5 Å². The van der Waals surface area contributed by atoms with Crippen LogP contribution < -0.4 is 0 Å². The van der Waals surface area contributed by atoms with Gasteiger partial charge in [-0.05, 0) is 30.2 Å². The Morgan fingerprint density at radius 1 is 1.10 bits per heavy atom. The maximum atomic E-state index is 9.78. The van der Waals surface area contributed by atoms with Crippen molar-refractivity contribution in [2.45, 2.75) is 6.92 Å². The molecule has 0 spiro atoms. The number of hydrogen-bond donors (Lipinski definition) is 2. The Morgan fingerprint density at radius 2 is 1.80 bits per heavy atom. The number of rotatable bonds is 1. The van der Waals surface area contributed by atoms with Gasteiger partial charge in [0.1, 0.15) is 11.6 Å². The van der Waals surface area contributed by atoms with E-state index in [-0.39, 0.29) is 16.7 Å². The minimum Gasteiger partial charge on any atom is -0.504 e. The van der Waals surface area contributed by atoms with Crippen molar-refractivity contribution in [1.82, 2.24) is 0 Å². The zero-order valence-electron chi connectivity index (χ0n) is 10.5. The minimum absolute atomic E-state index is 0.110. The predicted octanol–water partition coefficient (Wildman–Crippen LogP) is 3.47. The van der Waals surface area contributed by atoms with Crippen molar-refractivity contribution in [1.29, 1.82) is 10.5 Å². The molecule has 0 aliphatic carbocycles. The largest absolute Gasteiger partial charge is 0.504 e. The van der Waals surface area contributed by atoms with Crippen molar-refractivity contribution in [3.63, 3.8) is 0 Å². The van der Waals surface area contributed by atoms with Crippen molar-refractivity contribution in [3.8, 4) is 34.8 Å². The number of hydrogen-bond acceptors (Lipinski definition) is 4. The van der Waals surface area contributed by atoms with E-state index in [0.29, 0.717) is 10.6 Å². The first kappa shape index (κ1) is 13.7. The second-order valence-corrected chi connectivity index (χ2v) is 4.64. The topological polar surface area (TPSA) is 88.0 Å². The van der Waals surface area contributed by atoms with Crippen LogP contribution in [0, 0.1) is 29.6 Å². The number of nitrogens with zero attached hydrogens (tertiary/aromatic N) is 2. The highest BCUT2D eigenvalue weighted by molar-refractivity contribution is 6.31. The number of phenolic OH excluding ortho intramolecular Hbond substituents is 2. The highest BCUT2D eigenvalue weighted by atomic mass is 35.5. The Labute approximate surface area is 120 Å². The van der Waals surface area contributed by atoms with Crippen LogP contribution in [-0.2, 0) is 0 Å². The monoisotopic (exact) mass is 284 g/mol. The van der Waals surface area contributed by atoms with Crippen molar-refractivity contribution in [3.05, 3.63) is 46.0 Å². The lowest BCUT2D eigenvalue weighted by Crippen LogP contribution is -1.92. The van der Waals surface area contributed by atoms with Crippen LogP contribution in [0.4, 0.5) is 0 Å². The summed E-state index contributed by atoms with van der Waals surface area (Å²) in [7, 11) is 0. The molecule has 4 nitrogen and oxygen atoms in total. The number of phenols is 2. The van der Waals surface area contributed by atoms with Crippen molar-refractivity contribution >= 4 is 11.6 Å². The summed E-state index contributed by atoms with van der Waals surface area (Å²) in [4.78, 5) is 0. The molecule has 2 N–H and O–H groups in total. The van der Waals surface area contributed by atoms with Gasteiger partial charge in [-0.25, -0.2) is 0 Å². The van der Waals surface area contributed by atoms with Gasteiger partial charge in [0, 0.05) is 16.7 Å². The smallest absolute Gasteiger partial charge is 0.176 e. The Bertz CT molecular complexity index is 786. The molecule has 0 unspecified atom stereocenters. The summed E-state index contributed by atoms with van der Waals surface area (Å²) in [5.74, 6) is -1.03. The van der Waals surface area contributed by atoms with Crippen LogP contribution in [0.25, 0.3) is 11.1 Å². The first-order valence-electron chi connectivity index (χ1n) is 5.65. The van der Waals surface area contributed by atoms with E-state index in [1.165, 1.54) is 0 Å². The van der Waals surface area contributed by atoms with E-state index in [1.54, 1.807) is 25.1 Å². The Hall–Kier alpha value is -2.69. The number of aryl methyl sites for hydroxylation is 1. The summed E-state index contributed by atoms with van der Waals surface area (Å²) in [6.45, 7) is 1.80. The minimum atomic E-state index is -0.533. The summed E-state index contributed by atoms with van der Waals surface area (Å²) in [6, 6.07) is 9.89. The molecule has 0 bridgehead atoms. The van der Waals surface area contributed by atoms with Crippen molar-refractivity contribution < 1.29 is 10.2 Å². The molecule has 0 saturated carbocycles. The Kier molecular flexibility index (Phi) is 3.52. The van der Waals surface area contributed by atoms with Gasteiger partial charge in [0.2, 0.25) is 0 Å². The van der Waals surface area contributed by atoms with Gasteiger partial charge in [-0.3, -0.25) is 0 Å². The van der Waals surface area contributed by atoms with Gasteiger partial charge < -0.3 is 10.2 Å². The SMILES string of the molecule is Cc1cc(-c2c(C#N)cc(O)c(O)c2C#N)ccc1Cl. The normalized spacial score (nSPS) is 9.80. The van der Waals surface area contributed by atoms with Crippen LogP contribution in [0.3, 0.4) is 0 Å². The van der Waals surface area contributed by atoms with Crippen molar-refractivity contribution in [2.75, 3.05) is 0 Å². The number of nitriles is 2.